The number of benzene rings is 2. The summed E-state index contributed by atoms with van der Waals surface area (Å²) in [7, 11) is -7.65. The summed E-state index contributed by atoms with van der Waals surface area (Å²) in [6.45, 7) is 2.04. The van der Waals surface area contributed by atoms with Crippen molar-refractivity contribution < 1.29 is 21.6 Å². The number of thiophene rings is 1. The lowest BCUT2D eigenvalue weighted by Gasteiger charge is -2.18. The molecule has 0 radical (unpaired) electrons. The molecule has 0 saturated carbocycles. The van der Waals surface area contributed by atoms with Crippen molar-refractivity contribution in [3.63, 3.8) is 0 Å². The van der Waals surface area contributed by atoms with Crippen molar-refractivity contribution in [3.8, 4) is 5.75 Å². The average Bonchev–Trinajstić information content (AvgIpc) is 3.25. The fourth-order valence-electron chi connectivity index (χ4n) is 2.79. The van der Waals surface area contributed by atoms with E-state index in [4.69, 9.17) is 4.74 Å². The van der Waals surface area contributed by atoms with Crippen molar-refractivity contribution in [3.05, 3.63) is 77.7 Å². The Morgan fingerprint density at radius 3 is 2.21 bits per heavy atom. The lowest BCUT2D eigenvalue weighted by molar-refractivity contribution is 0.340. The fraction of sp³-hybridized carbons (Fsp3) is 0.200. The highest BCUT2D eigenvalue weighted by molar-refractivity contribution is 7.93. The summed E-state index contributed by atoms with van der Waals surface area (Å²) in [5.41, 5.74) is 0.523. The van der Waals surface area contributed by atoms with E-state index in [1.54, 1.807) is 53.9 Å². The molecule has 1 unspecified atom stereocenters. The van der Waals surface area contributed by atoms with Crippen LogP contribution in [0.2, 0.25) is 0 Å². The number of hydrogen-bond donors (Lipinski definition) is 1. The molecule has 1 aromatic heterocycles. The van der Waals surface area contributed by atoms with Crippen LogP contribution >= 0.6 is 11.3 Å². The van der Waals surface area contributed by atoms with E-state index in [2.05, 4.69) is 4.72 Å². The highest BCUT2D eigenvalue weighted by atomic mass is 32.2. The summed E-state index contributed by atoms with van der Waals surface area (Å²) in [5.74, 6) is 0.564. The van der Waals surface area contributed by atoms with Crippen LogP contribution in [0.1, 0.15) is 17.7 Å². The van der Waals surface area contributed by atoms with Gasteiger partial charge in [-0.3, -0.25) is 0 Å². The van der Waals surface area contributed by atoms with Crippen molar-refractivity contribution in [2.24, 2.45) is 0 Å². The first-order valence-electron chi connectivity index (χ1n) is 8.89. The van der Waals surface area contributed by atoms with Gasteiger partial charge in [0.25, 0.3) is 0 Å². The van der Waals surface area contributed by atoms with Gasteiger partial charge in [0, 0.05) is 6.54 Å². The predicted octanol–water partition coefficient (Wildman–Crippen LogP) is 3.64. The molecule has 0 bridgehead atoms. The normalized spacial score (nSPS) is 13.1. The first kappa shape index (κ1) is 21.5. The van der Waals surface area contributed by atoms with Crippen LogP contribution < -0.4 is 9.46 Å². The standard InChI is InChI=1S/C20H21NO5S3/c1-2-26-17-10-12-18(13-11-17)29(24,25)21-15-19(16-7-4-3-5-8-16)28(22,23)20-9-6-14-27-20/h3-14,19,21H,2,15H2,1H3. The second kappa shape index (κ2) is 9.08. The first-order chi connectivity index (χ1) is 13.8. The van der Waals surface area contributed by atoms with Crippen LogP contribution in [0.3, 0.4) is 0 Å². The molecule has 0 aliphatic heterocycles. The quantitative estimate of drug-likeness (QED) is 0.536. The lowest BCUT2D eigenvalue weighted by atomic mass is 10.1. The second-order valence-electron chi connectivity index (χ2n) is 6.13. The van der Waals surface area contributed by atoms with Gasteiger partial charge in [0.15, 0.2) is 9.84 Å². The largest absolute Gasteiger partial charge is 0.494 e. The number of sulfone groups is 1. The highest BCUT2D eigenvalue weighted by Gasteiger charge is 2.31. The van der Waals surface area contributed by atoms with E-state index in [0.717, 1.165) is 11.3 Å². The second-order valence-corrected chi connectivity index (χ2v) is 11.2. The van der Waals surface area contributed by atoms with Gasteiger partial charge in [-0.15, -0.1) is 11.3 Å². The van der Waals surface area contributed by atoms with E-state index in [1.807, 2.05) is 6.92 Å². The molecule has 2 aromatic carbocycles. The maximum atomic E-state index is 13.1. The molecule has 0 amide bonds. The SMILES string of the molecule is CCOc1ccc(S(=O)(=O)NCC(c2ccccc2)S(=O)(=O)c2cccs2)cc1. The van der Waals surface area contributed by atoms with Gasteiger partial charge in [-0.2, -0.15) is 0 Å². The molecule has 29 heavy (non-hydrogen) atoms. The van der Waals surface area contributed by atoms with Crippen molar-refractivity contribution in [2.45, 2.75) is 21.3 Å². The Kier molecular flexibility index (Phi) is 6.74. The Bertz CT molecular complexity index is 1120. The van der Waals surface area contributed by atoms with Crippen LogP contribution in [0.25, 0.3) is 0 Å². The van der Waals surface area contributed by atoms with E-state index in [-0.39, 0.29) is 15.6 Å². The first-order valence-corrected chi connectivity index (χ1v) is 12.8. The van der Waals surface area contributed by atoms with Crippen molar-refractivity contribution in [1.82, 2.24) is 4.72 Å². The molecular weight excluding hydrogens is 430 g/mol. The summed E-state index contributed by atoms with van der Waals surface area (Å²) >= 11 is 1.11. The summed E-state index contributed by atoms with van der Waals surface area (Å²) in [4.78, 5) is 0.0429. The molecule has 9 heteroatoms. The maximum Gasteiger partial charge on any atom is 0.240 e. The molecule has 1 N–H and O–H groups in total. The molecule has 0 saturated heterocycles. The summed E-state index contributed by atoms with van der Waals surface area (Å²) in [6, 6.07) is 17.8. The zero-order chi connectivity index (χ0) is 20.9. The summed E-state index contributed by atoms with van der Waals surface area (Å²) < 4.78 is 59.6. The van der Waals surface area contributed by atoms with E-state index >= 15 is 0 Å². The van der Waals surface area contributed by atoms with E-state index in [1.165, 1.54) is 18.2 Å². The third-order valence-electron chi connectivity index (χ3n) is 4.23. The molecule has 1 heterocycles. The van der Waals surface area contributed by atoms with Crippen LogP contribution in [-0.4, -0.2) is 30.0 Å². The van der Waals surface area contributed by atoms with Gasteiger partial charge in [-0.05, 0) is 48.2 Å². The zero-order valence-corrected chi connectivity index (χ0v) is 18.1. The van der Waals surface area contributed by atoms with E-state index in [0.29, 0.717) is 17.9 Å². The number of nitrogens with one attached hydrogen (secondary N) is 1. The minimum atomic E-state index is -3.89. The summed E-state index contributed by atoms with van der Waals surface area (Å²) in [5, 5.41) is 0.638. The van der Waals surface area contributed by atoms with Crippen molar-refractivity contribution in [2.75, 3.05) is 13.2 Å². The molecule has 3 rings (SSSR count). The monoisotopic (exact) mass is 451 g/mol. The minimum absolute atomic E-state index is 0.0429. The van der Waals surface area contributed by atoms with Crippen molar-refractivity contribution >= 4 is 31.2 Å². The topological polar surface area (TPSA) is 89.5 Å². The fourth-order valence-corrected chi connectivity index (χ4v) is 6.81. The molecule has 6 nitrogen and oxygen atoms in total. The minimum Gasteiger partial charge on any atom is -0.494 e. The predicted molar refractivity (Wildman–Crippen MR) is 113 cm³/mol. The van der Waals surface area contributed by atoms with Gasteiger partial charge < -0.3 is 4.74 Å². The molecule has 0 aliphatic carbocycles. The van der Waals surface area contributed by atoms with Crippen LogP contribution in [0.4, 0.5) is 0 Å². The number of rotatable bonds is 9. The van der Waals surface area contributed by atoms with Gasteiger partial charge in [-0.25, -0.2) is 21.6 Å². The third-order valence-corrected chi connectivity index (χ3v) is 9.20. The van der Waals surface area contributed by atoms with E-state index < -0.39 is 25.1 Å². The molecule has 154 valence electrons. The van der Waals surface area contributed by atoms with Gasteiger partial charge in [-0.1, -0.05) is 36.4 Å². The van der Waals surface area contributed by atoms with Crippen LogP contribution in [0.15, 0.2) is 81.2 Å². The van der Waals surface area contributed by atoms with Gasteiger partial charge in [0.1, 0.15) is 15.2 Å². The molecular formula is C20H21NO5S3. The average molecular weight is 452 g/mol. The van der Waals surface area contributed by atoms with Crippen molar-refractivity contribution in [1.29, 1.82) is 0 Å². The van der Waals surface area contributed by atoms with Crippen LogP contribution in [-0.2, 0) is 19.9 Å². The molecule has 0 spiro atoms. The van der Waals surface area contributed by atoms with Gasteiger partial charge >= 0.3 is 0 Å². The molecule has 0 fully saturated rings. The number of hydrogen-bond acceptors (Lipinski definition) is 6. The van der Waals surface area contributed by atoms with Crippen LogP contribution in [0.5, 0.6) is 5.75 Å². The van der Waals surface area contributed by atoms with Gasteiger partial charge in [0.2, 0.25) is 10.0 Å². The maximum absolute atomic E-state index is 13.1. The molecule has 1 atom stereocenters. The number of ether oxygens (including phenoxy) is 1. The van der Waals surface area contributed by atoms with Crippen LogP contribution in [0, 0.1) is 0 Å². The van der Waals surface area contributed by atoms with Gasteiger partial charge in [0.05, 0.1) is 11.5 Å². The van der Waals surface area contributed by atoms with E-state index in [9.17, 15) is 16.8 Å². The Morgan fingerprint density at radius 2 is 1.62 bits per heavy atom. The lowest BCUT2D eigenvalue weighted by Crippen LogP contribution is -2.31. The smallest absolute Gasteiger partial charge is 0.240 e. The Hall–Kier alpha value is -2.20. The Balaban J connectivity index is 1.87. The molecule has 0 aliphatic rings. The third kappa shape index (κ3) is 5.05. The summed E-state index contributed by atoms with van der Waals surface area (Å²) in [6.07, 6.45) is 0. The number of sulfonamides is 1. The zero-order valence-electron chi connectivity index (χ0n) is 15.7. The highest BCUT2D eigenvalue weighted by Crippen LogP contribution is 2.31. The Labute approximate surface area is 175 Å². The molecule has 3 aromatic rings. The Morgan fingerprint density at radius 1 is 0.931 bits per heavy atom.